The maximum absolute atomic E-state index is 13.2. The van der Waals surface area contributed by atoms with Crippen molar-refractivity contribution >= 4 is 23.3 Å². The fourth-order valence-corrected chi connectivity index (χ4v) is 5.10. The van der Waals surface area contributed by atoms with Gasteiger partial charge in [0.1, 0.15) is 0 Å². The molecule has 1 N–H and O–H groups in total. The lowest BCUT2D eigenvalue weighted by atomic mass is 10.0. The van der Waals surface area contributed by atoms with Crippen LogP contribution in [-0.2, 0) is 6.54 Å². The maximum atomic E-state index is 13.2. The molecule has 2 aromatic heterocycles. The van der Waals surface area contributed by atoms with Crippen LogP contribution in [0.1, 0.15) is 32.3 Å². The molecule has 3 aromatic rings. The number of piperazine rings is 1. The molecule has 2 saturated heterocycles. The minimum absolute atomic E-state index is 0.0374. The summed E-state index contributed by atoms with van der Waals surface area (Å²) in [5.74, 6) is 0. The van der Waals surface area contributed by atoms with Crippen LogP contribution >= 0.6 is 0 Å². The van der Waals surface area contributed by atoms with Crippen molar-refractivity contribution in [2.75, 3.05) is 31.1 Å². The van der Waals surface area contributed by atoms with Gasteiger partial charge in [-0.05, 0) is 44.4 Å². The van der Waals surface area contributed by atoms with Gasteiger partial charge in [0.05, 0.1) is 0 Å². The predicted octanol–water partition coefficient (Wildman–Crippen LogP) is 3.50. The number of carbonyl (C=O) groups excluding carboxylic acids is 1. The van der Waals surface area contributed by atoms with Gasteiger partial charge in [-0.2, -0.15) is 4.98 Å². The van der Waals surface area contributed by atoms with Crippen LogP contribution in [0.15, 0.2) is 53.1 Å². The van der Waals surface area contributed by atoms with Crippen LogP contribution in [0.2, 0.25) is 0 Å². The molecule has 0 radical (unpaired) electrons. The van der Waals surface area contributed by atoms with Crippen molar-refractivity contribution in [2.45, 2.75) is 51.4 Å². The summed E-state index contributed by atoms with van der Waals surface area (Å²) in [5, 5.41) is 3.30. The van der Waals surface area contributed by atoms with Gasteiger partial charge in [0, 0.05) is 57.0 Å². The molecule has 0 spiro atoms. The van der Waals surface area contributed by atoms with Gasteiger partial charge >= 0.3 is 6.03 Å². The van der Waals surface area contributed by atoms with Crippen molar-refractivity contribution in [1.29, 1.82) is 0 Å². The quantitative estimate of drug-likeness (QED) is 0.658. The minimum atomic E-state index is 0.0374. The lowest BCUT2D eigenvalue weighted by molar-refractivity contribution is 0.129. The van der Waals surface area contributed by atoms with E-state index in [4.69, 9.17) is 4.42 Å². The van der Waals surface area contributed by atoms with Crippen LogP contribution in [0.25, 0.3) is 11.2 Å². The highest BCUT2D eigenvalue weighted by atomic mass is 16.4. The topological polar surface area (TPSA) is 77.7 Å². The summed E-state index contributed by atoms with van der Waals surface area (Å²) < 4.78 is 5.90. The summed E-state index contributed by atoms with van der Waals surface area (Å²) in [4.78, 5) is 28.5. The third-order valence-electron chi connectivity index (χ3n) is 6.74. The second kappa shape index (κ2) is 9.39. The van der Waals surface area contributed by atoms with Gasteiger partial charge in [-0.3, -0.25) is 4.90 Å². The standard InChI is InChI=1S/C25H32N6O2/c1-18-15-30(25-28-23-22(33-25)9-6-12-26-23)16-19(2)31(18)24(32)27-21-10-13-29(14-11-21)17-20-7-4-3-5-8-20/h3-9,12,18-19,21H,10-11,13-17H2,1-2H3,(H,27,32)/t18-,19-/m1/s1. The Morgan fingerprint density at radius 2 is 1.79 bits per heavy atom. The molecule has 2 atom stereocenters. The Kier molecular flexibility index (Phi) is 6.17. The Hall–Kier alpha value is -3.13. The van der Waals surface area contributed by atoms with Crippen LogP contribution in [-0.4, -0.2) is 70.1 Å². The van der Waals surface area contributed by atoms with Crippen LogP contribution in [0.4, 0.5) is 10.8 Å². The molecular formula is C25H32N6O2. The van der Waals surface area contributed by atoms with E-state index >= 15 is 0 Å². The van der Waals surface area contributed by atoms with Crippen LogP contribution < -0.4 is 10.2 Å². The van der Waals surface area contributed by atoms with Gasteiger partial charge in [0.25, 0.3) is 6.01 Å². The second-order valence-corrected chi connectivity index (χ2v) is 9.32. The number of aromatic nitrogens is 2. The lowest BCUT2D eigenvalue weighted by Gasteiger charge is -2.44. The molecule has 2 aliphatic heterocycles. The number of nitrogens with one attached hydrogen (secondary N) is 1. The van der Waals surface area contributed by atoms with Crippen molar-refractivity contribution in [2.24, 2.45) is 0 Å². The zero-order valence-corrected chi connectivity index (χ0v) is 19.4. The minimum Gasteiger partial charge on any atom is -0.422 e. The Balaban J connectivity index is 1.14. The Morgan fingerprint density at radius 3 is 2.48 bits per heavy atom. The number of amides is 2. The zero-order valence-electron chi connectivity index (χ0n) is 19.4. The van der Waals surface area contributed by atoms with Gasteiger partial charge in [-0.25, -0.2) is 9.78 Å². The fourth-order valence-electron chi connectivity index (χ4n) is 5.10. The highest BCUT2D eigenvalue weighted by Crippen LogP contribution is 2.25. The summed E-state index contributed by atoms with van der Waals surface area (Å²) in [7, 11) is 0. The van der Waals surface area contributed by atoms with Crippen LogP contribution in [0, 0.1) is 0 Å². The molecule has 0 saturated carbocycles. The van der Waals surface area contributed by atoms with Crippen LogP contribution in [0.5, 0.6) is 0 Å². The molecule has 0 aliphatic carbocycles. The number of nitrogens with zero attached hydrogens (tertiary/aromatic N) is 5. The SMILES string of the molecule is C[C@@H]1CN(c2nc3ncccc3o2)C[C@@H](C)N1C(=O)NC1CCN(Cc2ccccc2)CC1. The number of urea groups is 1. The first-order valence-corrected chi connectivity index (χ1v) is 11.9. The Morgan fingerprint density at radius 1 is 1.06 bits per heavy atom. The molecule has 0 bridgehead atoms. The first-order chi connectivity index (χ1) is 16.1. The van der Waals surface area contributed by atoms with Gasteiger partial charge in [-0.1, -0.05) is 30.3 Å². The molecule has 8 nitrogen and oxygen atoms in total. The van der Waals surface area contributed by atoms with Gasteiger partial charge < -0.3 is 19.5 Å². The summed E-state index contributed by atoms with van der Waals surface area (Å²) in [5.41, 5.74) is 2.65. The second-order valence-electron chi connectivity index (χ2n) is 9.32. The van der Waals surface area contributed by atoms with Crippen molar-refractivity contribution < 1.29 is 9.21 Å². The van der Waals surface area contributed by atoms with Crippen molar-refractivity contribution in [3.8, 4) is 0 Å². The van der Waals surface area contributed by atoms with Crippen molar-refractivity contribution in [1.82, 2.24) is 25.1 Å². The number of hydrogen-bond donors (Lipinski definition) is 1. The lowest BCUT2D eigenvalue weighted by Crippen LogP contribution is -2.62. The number of benzene rings is 1. The molecule has 4 heterocycles. The van der Waals surface area contributed by atoms with Gasteiger partial charge in [0.2, 0.25) is 5.65 Å². The highest BCUT2D eigenvalue weighted by molar-refractivity contribution is 5.76. The number of likely N-dealkylation sites (tertiary alicyclic amines) is 1. The summed E-state index contributed by atoms with van der Waals surface area (Å²) in [6.07, 6.45) is 3.68. The zero-order chi connectivity index (χ0) is 22.8. The van der Waals surface area contributed by atoms with E-state index in [1.807, 2.05) is 17.0 Å². The molecule has 2 fully saturated rings. The molecule has 0 unspecified atom stereocenters. The fraction of sp³-hybridized carbons (Fsp3) is 0.480. The first kappa shape index (κ1) is 21.7. The average molecular weight is 449 g/mol. The molecule has 174 valence electrons. The van der Waals surface area contributed by atoms with Crippen molar-refractivity contribution in [3.05, 3.63) is 54.2 Å². The highest BCUT2D eigenvalue weighted by Gasteiger charge is 2.35. The first-order valence-electron chi connectivity index (χ1n) is 11.9. The molecule has 8 heteroatoms. The van der Waals surface area contributed by atoms with E-state index in [9.17, 15) is 4.79 Å². The molecule has 2 aliphatic rings. The van der Waals surface area contributed by atoms with E-state index in [0.29, 0.717) is 30.3 Å². The summed E-state index contributed by atoms with van der Waals surface area (Å²) in [6.45, 7) is 8.52. The number of carbonyl (C=O) groups is 1. The van der Waals surface area contributed by atoms with E-state index in [-0.39, 0.29) is 24.2 Å². The number of pyridine rings is 1. The number of piperidine rings is 1. The average Bonchev–Trinajstić information content (AvgIpc) is 3.25. The molecule has 33 heavy (non-hydrogen) atoms. The van der Waals surface area contributed by atoms with E-state index in [1.54, 1.807) is 6.20 Å². The predicted molar refractivity (Wildman–Crippen MR) is 128 cm³/mol. The molecule has 1 aromatic carbocycles. The Bertz CT molecular complexity index is 1030. The molecule has 2 amide bonds. The van der Waals surface area contributed by atoms with E-state index in [2.05, 4.69) is 69.3 Å². The molecule has 5 rings (SSSR count). The van der Waals surface area contributed by atoms with E-state index in [1.165, 1.54) is 5.56 Å². The maximum Gasteiger partial charge on any atom is 0.318 e. The largest absolute Gasteiger partial charge is 0.422 e. The van der Waals surface area contributed by atoms with Crippen molar-refractivity contribution in [3.63, 3.8) is 0 Å². The van der Waals surface area contributed by atoms with Gasteiger partial charge in [0.15, 0.2) is 5.58 Å². The number of hydrogen-bond acceptors (Lipinski definition) is 6. The third-order valence-corrected chi connectivity index (χ3v) is 6.74. The summed E-state index contributed by atoms with van der Waals surface area (Å²) >= 11 is 0. The normalized spacial score (nSPS) is 22.6. The number of oxazole rings is 1. The Labute approximate surface area is 194 Å². The van der Waals surface area contributed by atoms with E-state index < -0.39 is 0 Å². The molecular weight excluding hydrogens is 416 g/mol. The third kappa shape index (κ3) is 4.80. The number of fused-ring (bicyclic) bond motifs is 1. The smallest absolute Gasteiger partial charge is 0.318 e. The monoisotopic (exact) mass is 448 g/mol. The van der Waals surface area contributed by atoms with Crippen LogP contribution in [0.3, 0.4) is 0 Å². The van der Waals surface area contributed by atoms with Gasteiger partial charge in [-0.15, -0.1) is 0 Å². The number of anilines is 1. The van der Waals surface area contributed by atoms with E-state index in [0.717, 1.165) is 32.5 Å². The number of rotatable bonds is 4. The summed E-state index contributed by atoms with van der Waals surface area (Å²) in [6, 6.07) is 15.2.